The van der Waals surface area contributed by atoms with Gasteiger partial charge in [-0.25, -0.2) is 9.87 Å². The van der Waals surface area contributed by atoms with Crippen LogP contribution in [0.3, 0.4) is 0 Å². The third-order valence-electron chi connectivity index (χ3n) is 5.21. The second-order valence-corrected chi connectivity index (χ2v) is 7.19. The average molecular weight is 417 g/mol. The van der Waals surface area contributed by atoms with Crippen molar-refractivity contribution < 1.29 is 19.2 Å². The quantitative estimate of drug-likeness (QED) is 0.384. The van der Waals surface area contributed by atoms with E-state index in [0.29, 0.717) is 35.4 Å². The van der Waals surface area contributed by atoms with Crippen LogP contribution in [0.4, 0.5) is 10.1 Å². The number of hydroxylamine groups is 1. The maximum Gasteiger partial charge on any atom is 0.274 e. The molecule has 0 aliphatic carbocycles. The average Bonchev–Trinajstić information content (AvgIpc) is 2.82. The van der Waals surface area contributed by atoms with E-state index in [-0.39, 0.29) is 11.7 Å². The lowest BCUT2D eigenvalue weighted by molar-refractivity contribution is -0.113. The number of benzene rings is 2. The van der Waals surface area contributed by atoms with Crippen LogP contribution in [0, 0.1) is 5.82 Å². The molecular weight excluding hydrogens is 397 g/mol. The van der Waals surface area contributed by atoms with Crippen LogP contribution in [0.1, 0.15) is 33.5 Å². The first-order valence-electron chi connectivity index (χ1n) is 9.83. The minimum Gasteiger partial charge on any atom is -0.308 e. The summed E-state index contributed by atoms with van der Waals surface area (Å²) in [4.78, 5) is 31.1. The van der Waals surface area contributed by atoms with Crippen molar-refractivity contribution in [1.82, 2.24) is 10.5 Å². The Morgan fingerprint density at radius 1 is 1.03 bits per heavy atom. The number of aromatic nitrogens is 1. The summed E-state index contributed by atoms with van der Waals surface area (Å²) < 4.78 is 13.5. The minimum absolute atomic E-state index is 0.219. The number of nitrogens with one attached hydrogen (secondary N) is 1. The van der Waals surface area contributed by atoms with E-state index in [9.17, 15) is 14.0 Å². The monoisotopic (exact) mass is 417 g/mol. The highest BCUT2D eigenvalue weighted by Crippen LogP contribution is 2.32. The third kappa shape index (κ3) is 4.36. The van der Waals surface area contributed by atoms with Crippen molar-refractivity contribution in [3.8, 4) is 0 Å². The van der Waals surface area contributed by atoms with Crippen molar-refractivity contribution in [1.29, 1.82) is 0 Å². The Balaban J connectivity index is 1.75. The van der Waals surface area contributed by atoms with Gasteiger partial charge in [-0.2, -0.15) is 0 Å². The molecule has 31 heavy (non-hydrogen) atoms. The second kappa shape index (κ2) is 8.89. The number of pyridine rings is 1. The van der Waals surface area contributed by atoms with Gasteiger partial charge in [-0.3, -0.25) is 19.8 Å². The Hall–Kier alpha value is -3.84. The zero-order chi connectivity index (χ0) is 21.8. The maximum atomic E-state index is 13.7. The van der Waals surface area contributed by atoms with Crippen molar-refractivity contribution in [3.63, 3.8) is 0 Å². The second-order valence-electron chi connectivity index (χ2n) is 7.19. The van der Waals surface area contributed by atoms with Gasteiger partial charge in [-0.15, -0.1) is 0 Å². The van der Waals surface area contributed by atoms with E-state index < -0.39 is 5.91 Å². The van der Waals surface area contributed by atoms with Gasteiger partial charge in [-0.1, -0.05) is 12.1 Å². The number of carbonyl (C=O) groups excluding carboxylic acids is 2. The molecule has 0 radical (unpaired) electrons. The lowest BCUT2D eigenvalue weighted by Crippen LogP contribution is -2.36. The van der Waals surface area contributed by atoms with Crippen LogP contribution in [0.15, 0.2) is 67.0 Å². The number of carbonyl (C=O) groups is 2. The summed E-state index contributed by atoms with van der Waals surface area (Å²) in [6.45, 7) is 0.520. The largest absolute Gasteiger partial charge is 0.308 e. The zero-order valence-corrected chi connectivity index (χ0v) is 16.6. The molecule has 2 aromatic carbocycles. The predicted octanol–water partition coefficient (Wildman–Crippen LogP) is 3.86. The summed E-state index contributed by atoms with van der Waals surface area (Å²) in [6.07, 6.45) is 6.49. The molecule has 0 saturated carbocycles. The van der Waals surface area contributed by atoms with Crippen LogP contribution >= 0.6 is 0 Å². The molecule has 156 valence electrons. The molecule has 0 unspecified atom stereocenters. The van der Waals surface area contributed by atoms with Gasteiger partial charge in [0.25, 0.3) is 11.8 Å². The summed E-state index contributed by atoms with van der Waals surface area (Å²) in [5, 5.41) is 8.89. The maximum absolute atomic E-state index is 13.7. The number of hydrogen-bond acceptors (Lipinski definition) is 4. The lowest BCUT2D eigenvalue weighted by Gasteiger charge is -2.30. The van der Waals surface area contributed by atoms with Gasteiger partial charge in [-0.05, 0) is 78.1 Å². The topological polar surface area (TPSA) is 82.5 Å². The highest BCUT2D eigenvalue weighted by molar-refractivity contribution is 6.30. The fourth-order valence-corrected chi connectivity index (χ4v) is 3.68. The lowest BCUT2D eigenvalue weighted by atomic mass is 9.96. The fraction of sp³-hybridized carbons (Fsp3) is 0.125. The van der Waals surface area contributed by atoms with Gasteiger partial charge < -0.3 is 4.90 Å². The van der Waals surface area contributed by atoms with Crippen molar-refractivity contribution in [3.05, 3.63) is 95.1 Å². The number of anilines is 1. The molecule has 7 heteroatoms. The van der Waals surface area contributed by atoms with Crippen molar-refractivity contribution in [2.75, 3.05) is 11.4 Å². The van der Waals surface area contributed by atoms with E-state index in [0.717, 1.165) is 17.5 Å². The van der Waals surface area contributed by atoms with Gasteiger partial charge in [0.15, 0.2) is 0 Å². The van der Waals surface area contributed by atoms with Crippen LogP contribution in [0.25, 0.3) is 11.6 Å². The molecule has 1 aliphatic rings. The first-order valence-corrected chi connectivity index (χ1v) is 9.83. The van der Waals surface area contributed by atoms with Crippen molar-refractivity contribution >= 4 is 29.2 Å². The normalized spacial score (nSPS) is 13.5. The number of rotatable bonds is 4. The summed E-state index contributed by atoms with van der Waals surface area (Å²) in [5.74, 6) is -1.20. The van der Waals surface area contributed by atoms with Crippen LogP contribution in [-0.2, 0) is 11.2 Å². The molecule has 2 N–H and O–H groups in total. The van der Waals surface area contributed by atoms with Gasteiger partial charge in [0, 0.05) is 35.8 Å². The third-order valence-corrected chi connectivity index (χ3v) is 5.21. The molecule has 2 heterocycles. The van der Waals surface area contributed by atoms with Crippen LogP contribution < -0.4 is 10.4 Å². The minimum atomic E-state index is -0.601. The molecule has 6 nitrogen and oxygen atoms in total. The Kier molecular flexibility index (Phi) is 5.86. The number of aryl methyl sites for hydroxylation is 1. The van der Waals surface area contributed by atoms with Crippen molar-refractivity contribution in [2.45, 2.75) is 12.8 Å². The predicted molar refractivity (Wildman–Crippen MR) is 115 cm³/mol. The molecule has 0 atom stereocenters. The summed E-state index contributed by atoms with van der Waals surface area (Å²) in [5.41, 5.74) is 5.35. The number of nitrogens with zero attached hydrogens (tertiary/aromatic N) is 2. The van der Waals surface area contributed by atoms with Gasteiger partial charge in [0.1, 0.15) is 5.82 Å². The first kappa shape index (κ1) is 20.4. The van der Waals surface area contributed by atoms with Gasteiger partial charge in [0.2, 0.25) is 0 Å². The van der Waals surface area contributed by atoms with Crippen LogP contribution in [-0.4, -0.2) is 28.6 Å². The number of fused-ring (bicyclic) bond motifs is 1. The van der Waals surface area contributed by atoms with Crippen molar-refractivity contribution in [2.24, 2.45) is 0 Å². The summed E-state index contributed by atoms with van der Waals surface area (Å²) in [6, 6.07) is 14.4. The van der Waals surface area contributed by atoms with E-state index in [2.05, 4.69) is 4.98 Å². The highest BCUT2D eigenvalue weighted by Gasteiger charge is 2.26. The van der Waals surface area contributed by atoms with Gasteiger partial charge in [0.05, 0.1) is 0 Å². The standard InChI is InChI=1S/C24H20FN3O3/c25-20-6-3-17(4-7-20)21(14-16-9-11-26-12-10-16)24(30)28-13-1-2-18-15-19(23(29)27-31)5-8-22(18)28/h3-12,14-15,31H,1-2,13H2,(H,27,29)/b21-14-. The summed E-state index contributed by atoms with van der Waals surface area (Å²) in [7, 11) is 0. The Labute approximate surface area is 178 Å². The van der Waals surface area contributed by atoms with E-state index in [4.69, 9.17) is 5.21 Å². The van der Waals surface area contributed by atoms with Crippen LogP contribution in [0.5, 0.6) is 0 Å². The number of amides is 2. The zero-order valence-electron chi connectivity index (χ0n) is 16.6. The van der Waals surface area contributed by atoms with E-state index in [1.807, 2.05) is 0 Å². The molecule has 0 saturated heterocycles. The molecule has 0 fully saturated rings. The molecular formula is C24H20FN3O3. The summed E-state index contributed by atoms with van der Waals surface area (Å²) >= 11 is 0. The Bertz CT molecular complexity index is 1140. The molecule has 4 rings (SSSR count). The van der Waals surface area contributed by atoms with E-state index >= 15 is 0 Å². The SMILES string of the molecule is O=C(NO)c1ccc2c(c1)CCCN2C(=O)/C(=C\c1ccncc1)c1ccc(F)cc1. The highest BCUT2D eigenvalue weighted by atomic mass is 19.1. The molecule has 0 spiro atoms. The van der Waals surface area contributed by atoms with Crippen LogP contribution in [0.2, 0.25) is 0 Å². The van der Waals surface area contributed by atoms with Gasteiger partial charge >= 0.3 is 0 Å². The fourth-order valence-electron chi connectivity index (χ4n) is 3.68. The number of halogens is 1. The number of hydrogen-bond donors (Lipinski definition) is 2. The molecule has 1 aromatic heterocycles. The Morgan fingerprint density at radius 2 is 1.74 bits per heavy atom. The molecule has 0 bridgehead atoms. The molecule has 1 aliphatic heterocycles. The smallest absolute Gasteiger partial charge is 0.274 e. The Morgan fingerprint density at radius 3 is 2.45 bits per heavy atom. The van der Waals surface area contributed by atoms with E-state index in [1.165, 1.54) is 12.1 Å². The van der Waals surface area contributed by atoms with E-state index in [1.54, 1.807) is 71.3 Å². The molecule has 2 amide bonds. The molecule has 3 aromatic rings. The first-order chi connectivity index (χ1) is 15.1.